The Labute approximate surface area is 645 Å². The van der Waals surface area contributed by atoms with Crippen LogP contribution in [0.15, 0.2) is 103 Å². The van der Waals surface area contributed by atoms with Crippen LogP contribution < -0.4 is 86.3 Å². The quantitative estimate of drug-likeness (QED) is 0.0149. The summed E-state index contributed by atoms with van der Waals surface area (Å²) in [6, 6.07) is 6.78. The van der Waals surface area contributed by atoms with Crippen LogP contribution in [0.1, 0.15) is 127 Å². The molecule has 1 aliphatic carbocycles. The van der Waals surface area contributed by atoms with E-state index in [1.807, 2.05) is 48.5 Å². The van der Waals surface area contributed by atoms with Gasteiger partial charge in [-0.15, -0.1) is 0 Å². The fraction of sp³-hybridized carbons (Fsp3) is 0.467. The maximum atomic E-state index is 14.8. The summed E-state index contributed by atoms with van der Waals surface area (Å²) >= 11 is 0. The van der Waals surface area contributed by atoms with Crippen molar-refractivity contribution >= 4 is 106 Å². The first-order chi connectivity index (χ1) is 53.6. The van der Waals surface area contributed by atoms with E-state index in [4.69, 9.17) is 32.8 Å². The Bertz CT molecular complexity index is 4070. The number of nitrogens with two attached hydrogens (primary N) is 3. The largest absolute Gasteiger partial charge is 0.481 e. The van der Waals surface area contributed by atoms with Crippen LogP contribution in [0.5, 0.6) is 0 Å². The number of nitrogens with zero attached hydrogens (tertiary/aromatic N) is 1. The zero-order valence-electron chi connectivity index (χ0n) is 62.6. The molecule has 0 saturated carbocycles. The fourth-order valence-corrected chi connectivity index (χ4v) is 13.2. The van der Waals surface area contributed by atoms with Crippen LogP contribution >= 0.6 is 0 Å². The number of allylic oxidation sites excluding steroid dienone is 2. The predicted octanol–water partition coefficient (Wildman–Crippen LogP) is -1.91. The number of ether oxygens (including phenoxy) is 1. The summed E-state index contributed by atoms with van der Waals surface area (Å²) in [4.78, 5) is 202. The topological polar surface area (TPSA) is 590 Å². The van der Waals surface area contributed by atoms with Gasteiger partial charge in [0.05, 0.1) is 13.0 Å². The molecule has 0 spiro atoms. The van der Waals surface area contributed by atoms with Crippen LogP contribution in [0.2, 0.25) is 0 Å². The zero-order chi connectivity index (χ0) is 81.6. The minimum atomic E-state index is -2.00. The average Bonchev–Trinajstić information content (AvgIpc) is 1.61. The summed E-state index contributed by atoms with van der Waals surface area (Å²) in [7, 11) is 0. The third-order valence-corrected chi connectivity index (χ3v) is 19.0. The molecule has 2 saturated heterocycles. The summed E-state index contributed by atoms with van der Waals surface area (Å²) in [6.07, 6.45) is 2.70. The molecule has 7 rings (SSSR count). The first-order valence-corrected chi connectivity index (χ1v) is 37.1. The van der Waals surface area contributed by atoms with Crippen molar-refractivity contribution in [3.63, 3.8) is 0 Å². The Morgan fingerprint density at radius 3 is 1.79 bits per heavy atom. The third kappa shape index (κ3) is 25.9. The fourth-order valence-electron chi connectivity index (χ4n) is 13.2. The minimum Gasteiger partial charge on any atom is -0.481 e. The monoisotopic (exact) mass is 1550 g/mol. The van der Waals surface area contributed by atoms with Crippen molar-refractivity contribution in [2.45, 2.75) is 183 Å². The van der Waals surface area contributed by atoms with Gasteiger partial charge in [0.25, 0.3) is 0 Å². The van der Waals surface area contributed by atoms with Gasteiger partial charge in [-0.3, -0.25) is 73.1 Å². The highest BCUT2D eigenvalue weighted by molar-refractivity contribution is 6.01. The Morgan fingerprint density at radius 1 is 0.625 bits per heavy atom. The van der Waals surface area contributed by atoms with Crippen molar-refractivity contribution in [1.82, 2.24) is 79.0 Å². The van der Waals surface area contributed by atoms with E-state index < -0.39 is 181 Å². The van der Waals surface area contributed by atoms with Crippen molar-refractivity contribution in [3.05, 3.63) is 120 Å². The number of hydrogen-bond acceptors (Lipinski definition) is 18. The average molecular weight is 1560 g/mol. The van der Waals surface area contributed by atoms with Gasteiger partial charge in [0.15, 0.2) is 11.9 Å². The van der Waals surface area contributed by atoms with E-state index in [0.29, 0.717) is 11.2 Å². The van der Waals surface area contributed by atoms with E-state index in [9.17, 15) is 77.3 Å². The second-order valence-electron chi connectivity index (χ2n) is 27.3. The van der Waals surface area contributed by atoms with Gasteiger partial charge < -0.3 is 111 Å². The smallest absolute Gasteiger partial charge is 0.407 e. The van der Waals surface area contributed by atoms with Gasteiger partial charge in [-0.05, 0) is 125 Å². The Balaban J connectivity index is 1.19. The summed E-state index contributed by atoms with van der Waals surface area (Å²) in [5.41, 5.74) is 22.0. The van der Waals surface area contributed by atoms with Crippen LogP contribution in [0, 0.1) is 10.8 Å². The SMILES string of the molecule is CC=CC[C@@H]1NC(=O)[C@H](CCCNC(=N)N)NC(=O)C2CCCN2C(=O)[C@H](CC(=O)O)NC(=O)[C@H](CO)NC(=O)[C@@H](NC(=O)[C@H](C/C=C/C)NC(=O)CNC(=O)OCC2c3ccccc3-c3ccccc32)CCCC[C@@H](C(N)=O)NC(=O)[C@H](CCCNC(=N)N)NC(=O)[C@H](Cc2cc3ccccc3[nH]2)NC(=O)[C@H](C)NC1=O. The molecule has 0 radical (unpaired) electrons. The summed E-state index contributed by atoms with van der Waals surface area (Å²) in [5, 5.41) is 70.1. The van der Waals surface area contributed by atoms with Crippen molar-refractivity contribution < 1.29 is 82.1 Å². The minimum absolute atomic E-state index is 0.0202. The molecule has 1 unspecified atom stereocenters. The molecule has 24 N–H and O–H groups in total. The van der Waals surface area contributed by atoms with Crippen LogP contribution in [-0.2, 0) is 73.5 Å². The molecule has 37 heteroatoms. The van der Waals surface area contributed by atoms with Crippen molar-refractivity contribution in [2.24, 2.45) is 17.2 Å². The number of aromatic amines is 1. The number of aromatic nitrogens is 1. The van der Waals surface area contributed by atoms with Gasteiger partial charge in [-0.2, -0.15) is 0 Å². The highest BCUT2D eigenvalue weighted by atomic mass is 16.5. The number of para-hydroxylation sites is 1. The van der Waals surface area contributed by atoms with Gasteiger partial charge >= 0.3 is 12.1 Å². The Morgan fingerprint density at radius 2 is 1.18 bits per heavy atom. The molecule has 1 aromatic heterocycles. The predicted molar refractivity (Wildman–Crippen MR) is 409 cm³/mol. The van der Waals surface area contributed by atoms with Crippen LogP contribution in [0.3, 0.4) is 0 Å². The number of carbonyl (C=O) groups is 14. The number of primary amides is 1. The lowest BCUT2D eigenvalue weighted by atomic mass is 9.98. The number of rotatable bonds is 25. The number of benzene rings is 3. The van der Waals surface area contributed by atoms with E-state index in [1.165, 1.54) is 13.0 Å². The highest BCUT2D eigenvalue weighted by Gasteiger charge is 2.42. The third-order valence-electron chi connectivity index (χ3n) is 19.0. The van der Waals surface area contributed by atoms with Crippen LogP contribution in [0.4, 0.5) is 4.79 Å². The van der Waals surface area contributed by atoms with Crippen molar-refractivity contribution in [3.8, 4) is 11.1 Å². The van der Waals surface area contributed by atoms with E-state index in [2.05, 4.69) is 74.1 Å². The number of amides is 13. The lowest BCUT2D eigenvalue weighted by molar-refractivity contribution is -0.146. The highest BCUT2D eigenvalue weighted by Crippen LogP contribution is 2.44. The van der Waals surface area contributed by atoms with Gasteiger partial charge in [0.2, 0.25) is 70.9 Å². The number of hydrogen-bond donors (Lipinski definition) is 21. The van der Waals surface area contributed by atoms with Gasteiger partial charge in [0.1, 0.15) is 79.6 Å². The molecule has 112 heavy (non-hydrogen) atoms. The molecule has 37 nitrogen and oxygen atoms in total. The van der Waals surface area contributed by atoms with E-state index >= 15 is 0 Å². The maximum absolute atomic E-state index is 14.8. The summed E-state index contributed by atoms with van der Waals surface area (Å²) < 4.78 is 5.59. The second-order valence-corrected chi connectivity index (χ2v) is 27.3. The standard InChI is InChI=1S/C75H102N20O17/c1-4-6-24-51(86-60(97)38-83-75(111)112-40-48-46-22-11-9-20-44(46)45-21-10-12-23-47(45)48)65(103)89-53-28-15-14-27-50(62(76)100)87-66(104)54(29-16-32-81-73(77)78)90-69(107)56(36-43-35-42-19-8-13-26-49(42)85-43)92-63(101)41(3)84-64(102)52(25-7-5-2)88-67(105)55(30-17-33-82-74(79)80)91-71(109)59-31-18-34-95(59)72(110)57(37-61(98)99)93-70(108)58(39-96)94-68(53)106/h4-13,19-23,26,35,41,48,50-59,85,96H,14-18,24-25,27-34,36-40H2,1-3H3,(H2,76,100)(H,83,111)(H,84,102)(H,86,97)(H,87,104)(H,88,105)(H,89,103)(H,90,107)(H,91,109)(H,92,101)(H,93,108)(H,94,106)(H,98,99)(H4,77,78,81)(H4,79,80,82)/b6-4+,7-5?/t41-,50-,51-,52-,53-,54-,55-,56-,57-,58-,59?/m0/s1. The summed E-state index contributed by atoms with van der Waals surface area (Å²) in [6.45, 7) is 2.48. The van der Waals surface area contributed by atoms with E-state index in [-0.39, 0.29) is 116 Å². The van der Waals surface area contributed by atoms with Crippen LogP contribution in [0.25, 0.3) is 22.0 Å². The molecule has 13 amide bonds. The van der Waals surface area contributed by atoms with Gasteiger partial charge in [0, 0.05) is 43.2 Å². The normalized spacial score (nSPS) is 22.6. The number of fused-ring (bicyclic) bond motifs is 5. The molecule has 3 aromatic carbocycles. The number of H-pyrrole nitrogens is 1. The zero-order valence-corrected chi connectivity index (χ0v) is 62.6. The molecule has 604 valence electrons. The number of aliphatic hydroxyl groups excluding tert-OH is 1. The van der Waals surface area contributed by atoms with Gasteiger partial charge in [-0.25, -0.2) is 4.79 Å². The number of nitrogens with one attached hydrogen (secondary N) is 16. The number of carboxylic acid groups (broad SMARTS) is 1. The lowest BCUT2D eigenvalue weighted by Gasteiger charge is -2.30. The molecule has 3 heterocycles. The number of guanidine groups is 2. The molecule has 2 fully saturated rings. The molecular formula is C75H102N20O17. The molecular weight excluding hydrogens is 1450 g/mol. The number of carboxylic acids is 1. The molecule has 3 aliphatic rings. The first-order valence-electron chi connectivity index (χ1n) is 37.1. The number of alkyl carbamates (subject to hydrolysis) is 1. The molecule has 11 atom stereocenters. The number of aliphatic hydroxyl groups is 1. The van der Waals surface area contributed by atoms with Crippen LogP contribution in [-0.4, -0.2) is 221 Å². The lowest BCUT2D eigenvalue weighted by Crippen LogP contribution is -2.61. The van der Waals surface area contributed by atoms with Gasteiger partial charge in [-0.1, -0.05) is 104 Å². The molecule has 4 aromatic rings. The van der Waals surface area contributed by atoms with E-state index in [0.717, 1.165) is 32.5 Å². The Hall–Kier alpha value is -12.4. The molecule has 2 aliphatic heterocycles. The number of carbonyl (C=O) groups excluding carboxylic acids is 13. The first kappa shape index (κ1) is 86.8. The summed E-state index contributed by atoms with van der Waals surface area (Å²) in [5.74, 6) is -14.8. The maximum Gasteiger partial charge on any atom is 0.407 e. The number of aliphatic carboxylic acids is 1. The van der Waals surface area contributed by atoms with Crippen molar-refractivity contribution in [1.29, 1.82) is 10.8 Å². The molecule has 0 bridgehead atoms. The van der Waals surface area contributed by atoms with Crippen molar-refractivity contribution in [2.75, 3.05) is 39.4 Å². The van der Waals surface area contributed by atoms with E-state index in [1.54, 1.807) is 62.4 Å². The second kappa shape index (κ2) is 43.1. The Kier molecular flexibility index (Phi) is 33.4.